The van der Waals surface area contributed by atoms with Gasteiger partial charge in [-0.15, -0.1) is 0 Å². The molecule has 1 aromatic carbocycles. The van der Waals surface area contributed by atoms with Crippen LogP contribution in [0.3, 0.4) is 0 Å². The summed E-state index contributed by atoms with van der Waals surface area (Å²) in [4.78, 5) is -0.0666. The first-order valence-electron chi connectivity index (χ1n) is 3.04. The third kappa shape index (κ3) is 3.01. The summed E-state index contributed by atoms with van der Waals surface area (Å²) in [5.41, 5.74) is 0.956. The molecular weight excluding hydrogens is 230 g/mol. The van der Waals surface area contributed by atoms with Crippen LogP contribution in [-0.4, -0.2) is 13.0 Å². The summed E-state index contributed by atoms with van der Waals surface area (Å²) in [6.07, 6.45) is 0. The topological polar surface area (TPSA) is 54.4 Å². The van der Waals surface area contributed by atoms with Gasteiger partial charge in [-0.05, 0) is 19.1 Å². The molecule has 0 saturated carbocycles. The van der Waals surface area contributed by atoms with Gasteiger partial charge < -0.3 is 0 Å². The summed E-state index contributed by atoms with van der Waals surface area (Å²) in [6, 6.07) is 5.99. The second-order valence-corrected chi connectivity index (χ2v) is 3.71. The van der Waals surface area contributed by atoms with Crippen LogP contribution in [0.1, 0.15) is 5.56 Å². The van der Waals surface area contributed by atoms with Crippen LogP contribution in [0.25, 0.3) is 0 Å². The van der Waals surface area contributed by atoms with Crippen molar-refractivity contribution in [2.75, 3.05) is 0 Å². The smallest absolute Gasteiger partial charge is 0.282 e. The molecule has 0 aliphatic carbocycles. The second-order valence-electron chi connectivity index (χ2n) is 2.29. The van der Waals surface area contributed by atoms with Gasteiger partial charge in [-0.2, -0.15) is 8.42 Å². The van der Waals surface area contributed by atoms with Gasteiger partial charge in [0, 0.05) is 19.5 Å². The van der Waals surface area contributed by atoms with Crippen LogP contribution in [-0.2, 0) is 29.6 Å². The molecule has 0 unspecified atom stereocenters. The third-order valence-corrected chi connectivity index (χ3v) is 2.19. The molecule has 0 heterocycles. The van der Waals surface area contributed by atoms with Crippen molar-refractivity contribution in [3.8, 4) is 0 Å². The van der Waals surface area contributed by atoms with Crippen molar-refractivity contribution in [3.63, 3.8) is 0 Å². The number of aryl methyl sites for hydroxylation is 1. The summed E-state index contributed by atoms with van der Waals surface area (Å²) in [6.45, 7) is 1.84. The number of hydrogen-bond acceptors (Lipinski definition) is 2. The predicted octanol–water partition coefficient (Wildman–Crippen LogP) is 1.24. The van der Waals surface area contributed by atoms with Crippen molar-refractivity contribution in [1.29, 1.82) is 0 Å². The van der Waals surface area contributed by atoms with Gasteiger partial charge in [0.1, 0.15) is 0 Å². The van der Waals surface area contributed by atoms with Crippen LogP contribution in [0.15, 0.2) is 29.2 Å². The van der Waals surface area contributed by atoms with Gasteiger partial charge in [0.05, 0.1) is 4.90 Å². The van der Waals surface area contributed by atoms with Crippen molar-refractivity contribution >= 4 is 10.1 Å². The van der Waals surface area contributed by atoms with E-state index in [9.17, 15) is 8.42 Å². The van der Waals surface area contributed by atoms with Crippen LogP contribution in [0, 0.1) is 6.92 Å². The van der Waals surface area contributed by atoms with Crippen molar-refractivity contribution in [2.24, 2.45) is 0 Å². The van der Waals surface area contributed by atoms with Gasteiger partial charge in [0.15, 0.2) is 0 Å². The van der Waals surface area contributed by atoms with Crippen molar-refractivity contribution < 1.29 is 32.4 Å². The fourth-order valence-electron chi connectivity index (χ4n) is 0.710. The van der Waals surface area contributed by atoms with E-state index in [0.717, 1.165) is 5.56 Å². The van der Waals surface area contributed by atoms with E-state index < -0.39 is 10.1 Å². The molecule has 0 aliphatic heterocycles. The summed E-state index contributed by atoms with van der Waals surface area (Å²) < 4.78 is 29.6. The Morgan fingerprint density at radius 1 is 1.17 bits per heavy atom. The van der Waals surface area contributed by atoms with E-state index in [1.807, 2.05) is 6.92 Å². The molecule has 1 rings (SSSR count). The van der Waals surface area contributed by atoms with Gasteiger partial charge in [-0.25, -0.2) is 0 Å². The van der Waals surface area contributed by atoms with Crippen molar-refractivity contribution in [1.82, 2.24) is 0 Å². The van der Waals surface area contributed by atoms with Crippen LogP contribution in [0.5, 0.6) is 0 Å². The maximum Gasteiger partial charge on any atom is 0.294 e. The Kier molecular flexibility index (Phi) is 4.04. The maximum absolute atomic E-state index is 10.5. The molecule has 1 N–H and O–H groups in total. The van der Waals surface area contributed by atoms with Crippen LogP contribution in [0.2, 0.25) is 0 Å². The van der Waals surface area contributed by atoms with Gasteiger partial charge in [0.25, 0.3) is 10.1 Å². The van der Waals surface area contributed by atoms with E-state index in [1.165, 1.54) is 12.1 Å². The normalized spacial score (nSPS) is 10.5. The quantitative estimate of drug-likeness (QED) is 0.591. The van der Waals surface area contributed by atoms with Crippen LogP contribution < -0.4 is 0 Å². The summed E-state index contributed by atoms with van der Waals surface area (Å²) >= 11 is 0. The Morgan fingerprint density at radius 2 is 1.58 bits per heavy atom. The van der Waals surface area contributed by atoms with Gasteiger partial charge >= 0.3 is 0 Å². The van der Waals surface area contributed by atoms with Gasteiger partial charge in [-0.1, -0.05) is 17.7 Å². The summed E-state index contributed by atoms with van der Waals surface area (Å²) in [5.74, 6) is 0. The number of benzene rings is 1. The minimum Gasteiger partial charge on any atom is -0.282 e. The zero-order valence-corrected chi connectivity index (χ0v) is 10.5. The molecular formula is C7H8O3SZn. The third-order valence-electron chi connectivity index (χ3n) is 1.32. The number of rotatable bonds is 1. The fourth-order valence-corrected chi connectivity index (χ4v) is 1.19. The minimum absolute atomic E-state index is 0. The van der Waals surface area contributed by atoms with E-state index in [4.69, 9.17) is 4.55 Å². The van der Waals surface area contributed by atoms with E-state index in [1.54, 1.807) is 12.1 Å². The first-order chi connectivity index (χ1) is 5.00. The fraction of sp³-hybridized carbons (Fsp3) is 0.143. The Morgan fingerprint density at radius 3 is 1.92 bits per heavy atom. The molecule has 0 spiro atoms. The summed E-state index contributed by atoms with van der Waals surface area (Å²) in [5, 5.41) is 0. The molecule has 0 atom stereocenters. The minimum atomic E-state index is -4.02. The Bertz CT molecular complexity index is 341. The van der Waals surface area contributed by atoms with E-state index >= 15 is 0 Å². The molecule has 0 aliphatic rings. The van der Waals surface area contributed by atoms with E-state index in [0.29, 0.717) is 0 Å². The molecule has 0 amide bonds. The largest absolute Gasteiger partial charge is 0.294 e. The average molecular weight is 238 g/mol. The average Bonchev–Trinajstić information content (AvgIpc) is 1.86. The molecule has 1 aromatic rings. The molecule has 0 fully saturated rings. The monoisotopic (exact) mass is 236 g/mol. The van der Waals surface area contributed by atoms with Gasteiger partial charge in [0.2, 0.25) is 0 Å². The molecule has 62 valence electrons. The molecule has 0 saturated heterocycles. The predicted molar refractivity (Wildman–Crippen MR) is 41.0 cm³/mol. The van der Waals surface area contributed by atoms with E-state index in [-0.39, 0.29) is 24.4 Å². The standard InChI is InChI=1S/C7H8O3S.Zn/c1-6-2-4-7(5-3-6)11(8,9)10;/h2-5H,1H3,(H,8,9,10);. The Balaban J connectivity index is 0.00000121. The molecule has 0 bridgehead atoms. The van der Waals surface area contributed by atoms with Crippen LogP contribution in [0.4, 0.5) is 0 Å². The van der Waals surface area contributed by atoms with Crippen LogP contribution >= 0.6 is 0 Å². The maximum atomic E-state index is 10.5. The molecule has 0 aromatic heterocycles. The zero-order valence-electron chi connectivity index (χ0n) is 6.69. The zero-order chi connectivity index (χ0) is 8.48. The first-order valence-corrected chi connectivity index (χ1v) is 4.48. The Hall–Kier alpha value is -0.247. The second kappa shape index (κ2) is 4.12. The molecule has 12 heavy (non-hydrogen) atoms. The SMILES string of the molecule is Cc1ccc(S(=O)(=O)O)cc1.[Zn]. The molecule has 5 heteroatoms. The van der Waals surface area contributed by atoms with Crippen molar-refractivity contribution in [2.45, 2.75) is 11.8 Å². The van der Waals surface area contributed by atoms with Gasteiger partial charge in [-0.3, -0.25) is 4.55 Å². The van der Waals surface area contributed by atoms with Crippen molar-refractivity contribution in [3.05, 3.63) is 29.8 Å². The summed E-state index contributed by atoms with van der Waals surface area (Å²) in [7, 11) is -4.02. The molecule has 3 nitrogen and oxygen atoms in total. The Labute approximate surface area is 84.3 Å². The van der Waals surface area contributed by atoms with E-state index in [2.05, 4.69) is 0 Å². The molecule has 0 radical (unpaired) electrons. The number of hydrogen-bond donors (Lipinski definition) is 1. The first kappa shape index (κ1) is 11.8.